The van der Waals surface area contributed by atoms with E-state index < -0.39 is 0 Å². The van der Waals surface area contributed by atoms with Crippen LogP contribution in [0.25, 0.3) is 0 Å². The fraction of sp³-hybridized carbons (Fsp3) is 0.857. The van der Waals surface area contributed by atoms with Gasteiger partial charge in [-0.2, -0.15) is 0 Å². The topological polar surface area (TPSA) is 17.1 Å². The van der Waals surface area contributed by atoms with Crippen molar-refractivity contribution in [1.82, 2.24) is 0 Å². The van der Waals surface area contributed by atoms with Crippen LogP contribution in [0.5, 0.6) is 0 Å². The molecular formula is C7H14ORu. The zero-order valence-electron chi connectivity index (χ0n) is 5.87. The summed E-state index contributed by atoms with van der Waals surface area (Å²) in [6, 6.07) is 0. The number of hydrogen-bond donors (Lipinski definition) is 0. The molecule has 0 unspecified atom stereocenters. The SMILES string of the molecule is CCCCCCC=O.[Ru]. The summed E-state index contributed by atoms with van der Waals surface area (Å²) in [5.74, 6) is 0. The van der Waals surface area contributed by atoms with Gasteiger partial charge in [0.05, 0.1) is 0 Å². The Labute approximate surface area is 70.0 Å². The maximum atomic E-state index is 9.77. The Balaban J connectivity index is 0. The second-order valence-electron chi connectivity index (χ2n) is 2.02. The number of carbonyl (C=O) groups excluding carboxylic acids is 1. The number of rotatable bonds is 5. The molecule has 0 bridgehead atoms. The quantitative estimate of drug-likeness (QED) is 0.390. The van der Waals surface area contributed by atoms with Crippen molar-refractivity contribution in [3.05, 3.63) is 0 Å². The predicted octanol–water partition coefficient (Wildman–Crippen LogP) is 2.15. The number of carbonyl (C=O) groups is 1. The predicted molar refractivity (Wildman–Crippen MR) is 34.8 cm³/mol. The van der Waals surface area contributed by atoms with Crippen LogP contribution in [-0.2, 0) is 24.3 Å². The van der Waals surface area contributed by atoms with Gasteiger partial charge in [-0.1, -0.05) is 26.2 Å². The maximum absolute atomic E-state index is 9.77. The minimum atomic E-state index is 0. The van der Waals surface area contributed by atoms with Crippen molar-refractivity contribution in [3.63, 3.8) is 0 Å². The van der Waals surface area contributed by atoms with Crippen LogP contribution >= 0.6 is 0 Å². The summed E-state index contributed by atoms with van der Waals surface area (Å²) in [5, 5.41) is 0. The van der Waals surface area contributed by atoms with Crippen LogP contribution in [0.2, 0.25) is 0 Å². The van der Waals surface area contributed by atoms with Crippen molar-refractivity contribution in [2.75, 3.05) is 0 Å². The summed E-state index contributed by atoms with van der Waals surface area (Å²) < 4.78 is 0. The van der Waals surface area contributed by atoms with Gasteiger partial charge in [-0.25, -0.2) is 0 Å². The normalized spacial score (nSPS) is 8.11. The van der Waals surface area contributed by atoms with Gasteiger partial charge >= 0.3 is 0 Å². The molecule has 0 heterocycles. The van der Waals surface area contributed by atoms with Crippen LogP contribution in [0.4, 0.5) is 0 Å². The monoisotopic (exact) mass is 216 g/mol. The Morgan fingerprint density at radius 3 is 2.33 bits per heavy atom. The summed E-state index contributed by atoms with van der Waals surface area (Å²) in [6.45, 7) is 2.17. The molecule has 0 saturated carbocycles. The molecule has 56 valence electrons. The van der Waals surface area contributed by atoms with Crippen LogP contribution in [0, 0.1) is 0 Å². The first-order valence-electron chi connectivity index (χ1n) is 3.35. The van der Waals surface area contributed by atoms with E-state index in [-0.39, 0.29) is 19.5 Å². The van der Waals surface area contributed by atoms with Crippen molar-refractivity contribution in [2.24, 2.45) is 0 Å². The molecule has 2 heteroatoms. The van der Waals surface area contributed by atoms with E-state index >= 15 is 0 Å². The molecule has 0 radical (unpaired) electrons. The van der Waals surface area contributed by atoms with Gasteiger partial charge in [0.25, 0.3) is 0 Å². The average molecular weight is 215 g/mol. The van der Waals surface area contributed by atoms with Crippen LogP contribution < -0.4 is 0 Å². The van der Waals surface area contributed by atoms with Crippen molar-refractivity contribution in [2.45, 2.75) is 39.0 Å². The Morgan fingerprint density at radius 2 is 1.89 bits per heavy atom. The second kappa shape index (κ2) is 11.1. The van der Waals surface area contributed by atoms with Crippen LogP contribution in [0.15, 0.2) is 0 Å². The Hall–Kier alpha value is 0.293. The second-order valence-corrected chi connectivity index (χ2v) is 2.02. The van der Waals surface area contributed by atoms with Crippen LogP contribution in [0.1, 0.15) is 39.0 Å². The molecule has 0 aromatic rings. The number of unbranched alkanes of at least 4 members (excludes halogenated alkanes) is 4. The van der Waals surface area contributed by atoms with Crippen LogP contribution in [0.3, 0.4) is 0 Å². The van der Waals surface area contributed by atoms with Gasteiger partial charge in [0, 0.05) is 25.9 Å². The van der Waals surface area contributed by atoms with E-state index in [2.05, 4.69) is 6.92 Å². The molecule has 0 aliphatic rings. The molecule has 9 heavy (non-hydrogen) atoms. The molecule has 0 N–H and O–H groups in total. The summed E-state index contributed by atoms with van der Waals surface area (Å²) >= 11 is 0. The van der Waals surface area contributed by atoms with Gasteiger partial charge in [-0.05, 0) is 6.42 Å². The first kappa shape index (κ1) is 12.0. The molecule has 0 aromatic carbocycles. The number of aldehydes is 1. The maximum Gasteiger partial charge on any atom is 0.119 e. The summed E-state index contributed by atoms with van der Waals surface area (Å²) in [5.41, 5.74) is 0. The van der Waals surface area contributed by atoms with E-state index in [1.807, 2.05) is 0 Å². The van der Waals surface area contributed by atoms with E-state index in [1.54, 1.807) is 0 Å². The van der Waals surface area contributed by atoms with Crippen molar-refractivity contribution < 1.29 is 24.3 Å². The molecule has 0 aromatic heterocycles. The fourth-order valence-corrected chi connectivity index (χ4v) is 0.654. The van der Waals surface area contributed by atoms with Gasteiger partial charge < -0.3 is 4.79 Å². The zero-order valence-corrected chi connectivity index (χ0v) is 7.61. The van der Waals surface area contributed by atoms with Crippen molar-refractivity contribution in [1.29, 1.82) is 0 Å². The minimum Gasteiger partial charge on any atom is -0.303 e. The third kappa shape index (κ3) is 11.7. The third-order valence-corrected chi connectivity index (χ3v) is 1.18. The Kier molecular flexibility index (Phi) is 14.9. The largest absolute Gasteiger partial charge is 0.303 e. The summed E-state index contributed by atoms with van der Waals surface area (Å²) in [4.78, 5) is 9.77. The Bertz CT molecular complexity index is 54.9. The minimum absolute atomic E-state index is 0. The first-order chi connectivity index (χ1) is 3.91. The summed E-state index contributed by atoms with van der Waals surface area (Å²) in [6.07, 6.45) is 6.56. The van der Waals surface area contributed by atoms with Gasteiger partial charge in [0.2, 0.25) is 0 Å². The van der Waals surface area contributed by atoms with Gasteiger partial charge in [-0.15, -0.1) is 0 Å². The van der Waals surface area contributed by atoms with Gasteiger partial charge in [0.1, 0.15) is 6.29 Å². The standard InChI is InChI=1S/C7H14O.Ru/c1-2-3-4-5-6-7-8;/h7H,2-6H2,1H3;. The third-order valence-electron chi connectivity index (χ3n) is 1.18. The van der Waals surface area contributed by atoms with Gasteiger partial charge in [0.15, 0.2) is 0 Å². The molecule has 0 rings (SSSR count). The smallest absolute Gasteiger partial charge is 0.119 e. The molecular weight excluding hydrogens is 201 g/mol. The number of hydrogen-bond acceptors (Lipinski definition) is 1. The van der Waals surface area contributed by atoms with E-state index in [4.69, 9.17) is 0 Å². The van der Waals surface area contributed by atoms with E-state index in [9.17, 15) is 4.79 Å². The molecule has 0 spiro atoms. The molecule has 0 aliphatic heterocycles. The first-order valence-corrected chi connectivity index (χ1v) is 3.35. The van der Waals surface area contributed by atoms with E-state index in [0.717, 1.165) is 19.1 Å². The zero-order chi connectivity index (χ0) is 6.24. The fourth-order valence-electron chi connectivity index (χ4n) is 0.654. The van der Waals surface area contributed by atoms with E-state index in [1.165, 1.54) is 19.3 Å². The average Bonchev–Trinajstić information content (AvgIpc) is 1.81. The van der Waals surface area contributed by atoms with Crippen LogP contribution in [-0.4, -0.2) is 6.29 Å². The summed E-state index contributed by atoms with van der Waals surface area (Å²) in [7, 11) is 0. The molecule has 0 fully saturated rings. The molecule has 0 aliphatic carbocycles. The Morgan fingerprint density at radius 1 is 1.22 bits per heavy atom. The molecule has 0 atom stereocenters. The van der Waals surface area contributed by atoms with Crippen molar-refractivity contribution >= 4 is 6.29 Å². The molecule has 1 nitrogen and oxygen atoms in total. The van der Waals surface area contributed by atoms with Crippen molar-refractivity contribution in [3.8, 4) is 0 Å². The molecule has 0 saturated heterocycles. The van der Waals surface area contributed by atoms with E-state index in [0.29, 0.717) is 0 Å². The molecule has 0 amide bonds. The van der Waals surface area contributed by atoms with Gasteiger partial charge in [-0.3, -0.25) is 0 Å².